The highest BCUT2D eigenvalue weighted by Gasteiger charge is 2.67. The van der Waals surface area contributed by atoms with Crippen LogP contribution in [0.4, 0.5) is 4.39 Å². The van der Waals surface area contributed by atoms with Crippen molar-refractivity contribution in [1.29, 1.82) is 5.26 Å². The molecule has 1 aromatic heterocycles. The summed E-state index contributed by atoms with van der Waals surface area (Å²) in [5.74, 6) is 6.10. The van der Waals surface area contributed by atoms with E-state index in [1.807, 2.05) is 17.0 Å². The Bertz CT molecular complexity index is 2630. The lowest BCUT2D eigenvalue weighted by atomic mass is 9.49. The van der Waals surface area contributed by atoms with Gasteiger partial charge in [-0.3, -0.25) is 39.1 Å². The van der Waals surface area contributed by atoms with Crippen molar-refractivity contribution in [2.75, 3.05) is 32.7 Å². The van der Waals surface area contributed by atoms with Crippen LogP contribution in [-0.4, -0.2) is 105 Å². The van der Waals surface area contributed by atoms with Gasteiger partial charge in [-0.25, -0.2) is 9.37 Å². The molecule has 64 heavy (non-hydrogen) atoms. The predicted molar refractivity (Wildman–Crippen MR) is 231 cm³/mol. The van der Waals surface area contributed by atoms with Gasteiger partial charge in [0.05, 0.1) is 39.5 Å². The van der Waals surface area contributed by atoms with Crippen LogP contribution in [0.1, 0.15) is 107 Å². The van der Waals surface area contributed by atoms with Crippen LogP contribution in [0.2, 0.25) is 5.02 Å². The molecule has 0 spiro atoms. The highest BCUT2D eigenvalue weighted by Crippen LogP contribution is 2.59. The molecular weight excluding hydrogens is 837 g/mol. The van der Waals surface area contributed by atoms with Gasteiger partial charge in [-0.15, -0.1) is 0 Å². The fourth-order valence-electron chi connectivity index (χ4n) is 12.4. The number of carbonyl (C=O) groups is 5. The van der Waals surface area contributed by atoms with Crippen LogP contribution >= 0.6 is 11.6 Å². The smallest absolute Gasteiger partial charge is 0.262 e. The van der Waals surface area contributed by atoms with Crippen LogP contribution in [0.5, 0.6) is 5.75 Å². The van der Waals surface area contributed by atoms with E-state index in [0.29, 0.717) is 69.9 Å². The van der Waals surface area contributed by atoms with Crippen molar-refractivity contribution >= 4 is 41.1 Å². The van der Waals surface area contributed by atoms with Gasteiger partial charge in [0.25, 0.3) is 17.7 Å². The second-order valence-corrected chi connectivity index (χ2v) is 20.5. The number of likely N-dealkylation sites (tertiary alicyclic amines) is 2. The van der Waals surface area contributed by atoms with Crippen LogP contribution in [0.15, 0.2) is 42.5 Å². The SMILES string of the molecule is CC1(C)[C@H](Oc2ccc(C#N)c(Cl)c2)C(C)(C)[C@H]1N1Cc2nc(C#CC3CC(CN4CC5CN(Cc6cc7c(cc6F)C(=O)N(C6CCC(=O)NC6=O)C7=O)CC5C4)C3)ccc2C1=O. The summed E-state index contributed by atoms with van der Waals surface area (Å²) < 4.78 is 21.9. The molecule has 5 aliphatic heterocycles. The van der Waals surface area contributed by atoms with Crippen molar-refractivity contribution in [3.63, 3.8) is 0 Å². The molecule has 330 valence electrons. The first-order chi connectivity index (χ1) is 30.5. The maximum atomic E-state index is 15.4. The predicted octanol–water partition coefficient (Wildman–Crippen LogP) is 5.43. The number of nitrogens with zero attached hydrogens (tertiary/aromatic N) is 6. The molecule has 7 aliphatic rings. The molecule has 6 heterocycles. The number of nitriles is 1. The zero-order valence-corrected chi connectivity index (χ0v) is 37.0. The minimum absolute atomic E-state index is 0.0216. The highest BCUT2D eigenvalue weighted by molar-refractivity contribution is 6.31. The maximum absolute atomic E-state index is 15.4. The van der Waals surface area contributed by atoms with E-state index in [1.54, 1.807) is 18.2 Å². The van der Waals surface area contributed by atoms with Gasteiger partial charge in [-0.05, 0) is 79.3 Å². The van der Waals surface area contributed by atoms with Crippen molar-refractivity contribution in [2.24, 2.45) is 34.5 Å². The molecule has 3 saturated heterocycles. The Morgan fingerprint density at radius 3 is 2.25 bits per heavy atom. The molecule has 0 bridgehead atoms. The van der Waals surface area contributed by atoms with E-state index in [9.17, 15) is 29.2 Å². The van der Waals surface area contributed by atoms with Crippen LogP contribution < -0.4 is 10.1 Å². The number of imide groups is 2. The molecule has 10 rings (SSSR count). The Morgan fingerprint density at radius 2 is 1.58 bits per heavy atom. The maximum Gasteiger partial charge on any atom is 0.262 e. The molecular formula is C49H49ClFN7O6. The van der Waals surface area contributed by atoms with E-state index in [2.05, 4.69) is 60.7 Å². The van der Waals surface area contributed by atoms with Crippen molar-refractivity contribution in [3.8, 4) is 23.7 Å². The molecule has 15 heteroatoms. The summed E-state index contributed by atoms with van der Waals surface area (Å²) >= 11 is 6.29. The lowest BCUT2D eigenvalue weighted by Crippen LogP contribution is -2.74. The number of aromatic nitrogens is 1. The number of amides is 5. The van der Waals surface area contributed by atoms with Gasteiger partial charge in [-0.2, -0.15) is 5.26 Å². The molecule has 5 fully saturated rings. The highest BCUT2D eigenvalue weighted by atomic mass is 35.5. The molecule has 13 nitrogen and oxygen atoms in total. The number of nitrogens with one attached hydrogen (secondary N) is 1. The first-order valence-corrected chi connectivity index (χ1v) is 22.5. The molecule has 5 amide bonds. The Hall–Kier alpha value is -5.67. The largest absolute Gasteiger partial charge is 0.489 e. The number of rotatable bonds is 8. The van der Waals surface area contributed by atoms with Gasteiger partial charge >= 0.3 is 0 Å². The number of hydrogen-bond donors (Lipinski definition) is 1. The van der Waals surface area contributed by atoms with Gasteiger partial charge < -0.3 is 14.5 Å². The number of piperidine rings is 1. The van der Waals surface area contributed by atoms with Crippen molar-refractivity contribution in [3.05, 3.63) is 92.5 Å². The Morgan fingerprint density at radius 1 is 0.891 bits per heavy atom. The molecule has 1 N–H and O–H groups in total. The monoisotopic (exact) mass is 885 g/mol. The van der Waals surface area contributed by atoms with E-state index in [4.69, 9.17) is 21.3 Å². The van der Waals surface area contributed by atoms with Crippen LogP contribution in [0.25, 0.3) is 0 Å². The molecule has 2 aromatic carbocycles. The van der Waals surface area contributed by atoms with E-state index < -0.39 is 35.5 Å². The van der Waals surface area contributed by atoms with Crippen molar-refractivity contribution < 1.29 is 33.1 Å². The number of pyridine rings is 1. The first-order valence-electron chi connectivity index (χ1n) is 22.2. The Balaban J connectivity index is 0.692. The fraction of sp³-hybridized carbons (Fsp3) is 0.490. The van der Waals surface area contributed by atoms with E-state index in [-0.39, 0.29) is 52.9 Å². The van der Waals surface area contributed by atoms with Gasteiger partial charge in [0, 0.05) is 80.1 Å². The van der Waals surface area contributed by atoms with Crippen molar-refractivity contribution in [1.82, 2.24) is 29.9 Å². The summed E-state index contributed by atoms with van der Waals surface area (Å²) in [7, 11) is 0. The van der Waals surface area contributed by atoms with Gasteiger partial charge in [0.15, 0.2) is 0 Å². The van der Waals surface area contributed by atoms with Gasteiger partial charge in [0.1, 0.15) is 35.5 Å². The minimum atomic E-state index is -1.09. The lowest BCUT2D eigenvalue weighted by Gasteiger charge is -2.65. The summed E-state index contributed by atoms with van der Waals surface area (Å²) in [6, 6.07) is 12.3. The van der Waals surface area contributed by atoms with Crippen LogP contribution in [0.3, 0.4) is 0 Å². The number of ether oxygens (including phenoxy) is 1. The average Bonchev–Trinajstić information content (AvgIpc) is 3.94. The standard InChI is InChI=1S/C49H49ClFN7O6/c1-48(2)46(49(3,4)47(48)64-33-9-6-28(18-52)37(50)16-33)57-25-39-34(43(57)61)10-8-32(53-39)7-5-26-13-27(14-26)19-55-21-30-23-56(24-31(30)22-55)20-29-15-35-36(17-38(29)51)45(63)58(44(35)62)40-11-12-41(59)54-42(40)60/h6,8-10,15-17,26-27,30-31,40,46-47H,11-14,19-25H2,1-4H3,(H,54,59,60)/t26?,27?,30?,31?,40?,46-,47-. The second-order valence-electron chi connectivity index (χ2n) is 20.1. The van der Waals surface area contributed by atoms with Crippen LogP contribution in [-0.2, 0) is 22.7 Å². The van der Waals surface area contributed by atoms with E-state index in [1.165, 1.54) is 6.07 Å². The summed E-state index contributed by atoms with van der Waals surface area (Å²) in [5, 5.41) is 11.8. The number of benzene rings is 2. The van der Waals surface area contributed by atoms with E-state index in [0.717, 1.165) is 62.2 Å². The molecule has 3 unspecified atom stereocenters. The Labute approximate surface area is 376 Å². The summed E-state index contributed by atoms with van der Waals surface area (Å²) in [5.41, 5.74) is 2.09. The third kappa shape index (κ3) is 7.06. The summed E-state index contributed by atoms with van der Waals surface area (Å²) in [4.78, 5) is 76.7. The zero-order chi connectivity index (χ0) is 45.0. The summed E-state index contributed by atoms with van der Waals surface area (Å²) in [6.45, 7) is 13.9. The Kier molecular flexibility index (Phi) is 10.2. The molecule has 3 aromatic rings. The first kappa shape index (κ1) is 42.3. The molecule has 0 radical (unpaired) electrons. The van der Waals surface area contributed by atoms with Gasteiger partial charge in [0.2, 0.25) is 11.8 Å². The fourth-order valence-corrected chi connectivity index (χ4v) is 12.6. The van der Waals surface area contributed by atoms with Crippen LogP contribution in [0, 0.1) is 63.5 Å². The third-order valence-corrected chi connectivity index (χ3v) is 15.3. The number of halogens is 2. The zero-order valence-electron chi connectivity index (χ0n) is 36.2. The topological polar surface area (TPSA) is 156 Å². The quantitative estimate of drug-likeness (QED) is 0.229. The summed E-state index contributed by atoms with van der Waals surface area (Å²) in [6.07, 6.45) is 1.94. The normalized spacial score (nSPS) is 29.0. The average molecular weight is 886 g/mol. The van der Waals surface area contributed by atoms with Gasteiger partial charge in [-0.1, -0.05) is 45.2 Å². The van der Waals surface area contributed by atoms with Crippen molar-refractivity contribution in [2.45, 2.75) is 84.7 Å². The molecule has 3 atom stereocenters. The number of carbonyl (C=O) groups excluding carboxylic acids is 5. The third-order valence-electron chi connectivity index (χ3n) is 15.0. The molecule has 2 aliphatic carbocycles. The lowest BCUT2D eigenvalue weighted by molar-refractivity contribution is -0.199. The minimum Gasteiger partial charge on any atom is -0.489 e. The number of hydrogen-bond acceptors (Lipinski definition) is 10. The number of fused-ring (bicyclic) bond motifs is 3. The van der Waals surface area contributed by atoms with E-state index >= 15 is 4.39 Å². The molecule has 2 saturated carbocycles. The second kappa shape index (κ2) is 15.5.